The summed E-state index contributed by atoms with van der Waals surface area (Å²) >= 11 is 0. The monoisotopic (exact) mass is 256 g/mol. The first-order valence-corrected chi connectivity index (χ1v) is 7.33. The predicted octanol–water partition coefficient (Wildman–Crippen LogP) is 4.86. The topological polar surface area (TPSA) is 24.9 Å². The highest BCUT2D eigenvalue weighted by molar-refractivity contribution is 5.93. The van der Waals surface area contributed by atoms with Gasteiger partial charge in [-0.2, -0.15) is 0 Å². The van der Waals surface area contributed by atoms with Crippen molar-refractivity contribution in [3.63, 3.8) is 0 Å². The Labute approximate surface area is 116 Å². The summed E-state index contributed by atoms with van der Waals surface area (Å²) in [5.41, 5.74) is 1.23. The molecule has 2 rings (SSSR count). The van der Waals surface area contributed by atoms with E-state index in [1.54, 1.807) is 0 Å². The van der Waals surface area contributed by atoms with Crippen LogP contribution in [0, 0.1) is 5.92 Å². The second-order valence-corrected chi connectivity index (χ2v) is 5.40. The summed E-state index contributed by atoms with van der Waals surface area (Å²) in [6.07, 6.45) is 7.43. The zero-order valence-corrected chi connectivity index (χ0v) is 12.2. The highest BCUT2D eigenvalue weighted by Gasteiger charge is 2.11. The van der Waals surface area contributed by atoms with E-state index in [0.29, 0.717) is 6.04 Å². The van der Waals surface area contributed by atoms with Crippen molar-refractivity contribution >= 4 is 16.5 Å². The molecule has 0 aliphatic rings. The minimum absolute atomic E-state index is 0.550. The van der Waals surface area contributed by atoms with E-state index in [1.807, 2.05) is 12.4 Å². The maximum atomic E-state index is 4.19. The maximum absolute atomic E-state index is 4.19. The van der Waals surface area contributed by atoms with Gasteiger partial charge < -0.3 is 5.32 Å². The summed E-state index contributed by atoms with van der Waals surface area (Å²) in [6, 6.07) is 9.02. The quantitative estimate of drug-likeness (QED) is 0.798. The minimum atomic E-state index is 0.550. The van der Waals surface area contributed by atoms with E-state index in [-0.39, 0.29) is 0 Å². The molecule has 0 spiro atoms. The number of benzene rings is 1. The van der Waals surface area contributed by atoms with Crippen molar-refractivity contribution in [2.75, 3.05) is 5.32 Å². The van der Waals surface area contributed by atoms with Gasteiger partial charge in [-0.25, -0.2) is 0 Å². The third-order valence-corrected chi connectivity index (χ3v) is 3.92. The summed E-state index contributed by atoms with van der Waals surface area (Å²) in [4.78, 5) is 4.19. The van der Waals surface area contributed by atoms with Crippen LogP contribution in [0.15, 0.2) is 36.7 Å². The molecular weight excluding hydrogens is 232 g/mol. The molecule has 0 radical (unpaired) electrons. The van der Waals surface area contributed by atoms with Crippen molar-refractivity contribution in [1.82, 2.24) is 4.98 Å². The summed E-state index contributed by atoms with van der Waals surface area (Å²) in [5.74, 6) is 0.772. The average Bonchev–Trinajstić information content (AvgIpc) is 2.46. The van der Waals surface area contributed by atoms with E-state index in [1.165, 1.54) is 29.3 Å². The van der Waals surface area contributed by atoms with Gasteiger partial charge in [-0.15, -0.1) is 0 Å². The Morgan fingerprint density at radius 3 is 2.74 bits per heavy atom. The molecule has 0 saturated carbocycles. The lowest BCUT2D eigenvalue weighted by molar-refractivity contribution is 0.462. The standard InChI is InChI=1S/C17H24N2/c1-4-13(3)11-15(5-2)19-17-8-6-7-14-12-18-10-9-16(14)17/h6-10,12-13,15,19H,4-5,11H2,1-3H3. The van der Waals surface area contributed by atoms with E-state index in [9.17, 15) is 0 Å². The molecule has 1 heterocycles. The fourth-order valence-corrected chi connectivity index (χ4v) is 2.45. The van der Waals surface area contributed by atoms with Crippen LogP contribution in [0.25, 0.3) is 10.8 Å². The molecular formula is C17H24N2. The van der Waals surface area contributed by atoms with Gasteiger partial charge in [0.1, 0.15) is 0 Å². The number of nitrogens with zero attached hydrogens (tertiary/aromatic N) is 1. The van der Waals surface area contributed by atoms with Crippen molar-refractivity contribution in [1.29, 1.82) is 0 Å². The molecule has 1 aromatic carbocycles. The third kappa shape index (κ3) is 3.46. The Balaban J connectivity index is 2.19. The molecule has 0 fully saturated rings. The molecule has 2 unspecified atom stereocenters. The number of pyridine rings is 1. The zero-order chi connectivity index (χ0) is 13.7. The Kier molecular flexibility index (Phi) is 4.78. The van der Waals surface area contributed by atoms with Gasteiger partial charge in [0.2, 0.25) is 0 Å². The Hall–Kier alpha value is -1.57. The zero-order valence-electron chi connectivity index (χ0n) is 12.2. The lowest BCUT2D eigenvalue weighted by atomic mass is 9.97. The first-order valence-electron chi connectivity index (χ1n) is 7.33. The predicted molar refractivity (Wildman–Crippen MR) is 83.5 cm³/mol. The number of fused-ring (bicyclic) bond motifs is 1. The summed E-state index contributed by atoms with van der Waals surface area (Å²) in [6.45, 7) is 6.85. The van der Waals surface area contributed by atoms with Crippen molar-refractivity contribution in [3.8, 4) is 0 Å². The molecule has 2 aromatic rings. The van der Waals surface area contributed by atoms with Gasteiger partial charge in [-0.05, 0) is 30.9 Å². The van der Waals surface area contributed by atoms with E-state index < -0.39 is 0 Å². The lowest BCUT2D eigenvalue weighted by Crippen LogP contribution is -2.21. The average molecular weight is 256 g/mol. The van der Waals surface area contributed by atoms with Crippen LogP contribution >= 0.6 is 0 Å². The number of aromatic nitrogens is 1. The second kappa shape index (κ2) is 6.55. The Morgan fingerprint density at radius 1 is 1.16 bits per heavy atom. The highest BCUT2D eigenvalue weighted by Crippen LogP contribution is 2.25. The molecule has 1 aromatic heterocycles. The summed E-state index contributed by atoms with van der Waals surface area (Å²) in [5, 5.41) is 6.17. The summed E-state index contributed by atoms with van der Waals surface area (Å²) in [7, 11) is 0. The number of anilines is 1. The second-order valence-electron chi connectivity index (χ2n) is 5.40. The van der Waals surface area contributed by atoms with Crippen LogP contribution in [-0.4, -0.2) is 11.0 Å². The maximum Gasteiger partial charge on any atom is 0.0423 e. The van der Waals surface area contributed by atoms with Gasteiger partial charge in [-0.3, -0.25) is 4.98 Å². The molecule has 2 atom stereocenters. The van der Waals surface area contributed by atoms with Gasteiger partial charge in [-0.1, -0.05) is 39.3 Å². The van der Waals surface area contributed by atoms with Gasteiger partial charge >= 0.3 is 0 Å². The number of hydrogen-bond donors (Lipinski definition) is 1. The first kappa shape index (κ1) is 13.9. The van der Waals surface area contributed by atoms with Crippen LogP contribution < -0.4 is 5.32 Å². The lowest BCUT2D eigenvalue weighted by Gasteiger charge is -2.22. The van der Waals surface area contributed by atoms with Crippen LogP contribution in [0.3, 0.4) is 0 Å². The SMILES string of the molecule is CCC(C)CC(CC)Nc1cccc2cnccc12. The Bertz CT molecular complexity index is 516. The molecule has 19 heavy (non-hydrogen) atoms. The highest BCUT2D eigenvalue weighted by atomic mass is 14.9. The van der Waals surface area contributed by atoms with Crippen LogP contribution in [0.2, 0.25) is 0 Å². The fourth-order valence-electron chi connectivity index (χ4n) is 2.45. The van der Waals surface area contributed by atoms with E-state index >= 15 is 0 Å². The summed E-state index contributed by atoms with van der Waals surface area (Å²) < 4.78 is 0. The third-order valence-electron chi connectivity index (χ3n) is 3.92. The van der Waals surface area contributed by atoms with Crippen LogP contribution in [0.1, 0.15) is 40.0 Å². The van der Waals surface area contributed by atoms with Crippen molar-refractivity contribution < 1.29 is 0 Å². The van der Waals surface area contributed by atoms with E-state index in [2.05, 4.69) is 55.3 Å². The number of rotatable bonds is 6. The van der Waals surface area contributed by atoms with Crippen molar-refractivity contribution in [2.45, 2.75) is 46.1 Å². The first-order chi connectivity index (χ1) is 9.24. The van der Waals surface area contributed by atoms with Crippen LogP contribution in [0.5, 0.6) is 0 Å². The van der Waals surface area contributed by atoms with Gasteiger partial charge in [0.05, 0.1) is 0 Å². The molecule has 0 amide bonds. The van der Waals surface area contributed by atoms with Gasteiger partial charge in [0, 0.05) is 34.9 Å². The number of hydrogen-bond acceptors (Lipinski definition) is 2. The molecule has 102 valence electrons. The van der Waals surface area contributed by atoms with E-state index in [0.717, 1.165) is 12.3 Å². The van der Waals surface area contributed by atoms with Crippen molar-refractivity contribution in [3.05, 3.63) is 36.7 Å². The van der Waals surface area contributed by atoms with Gasteiger partial charge in [0.15, 0.2) is 0 Å². The van der Waals surface area contributed by atoms with Gasteiger partial charge in [0.25, 0.3) is 0 Å². The molecule has 2 heteroatoms. The molecule has 0 aliphatic carbocycles. The van der Waals surface area contributed by atoms with E-state index in [4.69, 9.17) is 0 Å². The molecule has 2 nitrogen and oxygen atoms in total. The molecule has 0 aliphatic heterocycles. The normalized spacial score (nSPS) is 14.3. The minimum Gasteiger partial charge on any atom is -0.382 e. The van der Waals surface area contributed by atoms with Crippen LogP contribution in [-0.2, 0) is 0 Å². The molecule has 0 bridgehead atoms. The van der Waals surface area contributed by atoms with Crippen molar-refractivity contribution in [2.24, 2.45) is 5.92 Å². The molecule has 0 saturated heterocycles. The smallest absolute Gasteiger partial charge is 0.0423 e. The Morgan fingerprint density at radius 2 is 2.00 bits per heavy atom. The molecule has 1 N–H and O–H groups in total. The van der Waals surface area contributed by atoms with Crippen LogP contribution in [0.4, 0.5) is 5.69 Å². The largest absolute Gasteiger partial charge is 0.382 e. The fraction of sp³-hybridized carbons (Fsp3) is 0.471. The number of nitrogens with one attached hydrogen (secondary N) is 1.